The van der Waals surface area contributed by atoms with Gasteiger partial charge in [-0.05, 0) is 52.5 Å². The summed E-state index contributed by atoms with van der Waals surface area (Å²) in [4.78, 5) is 7.18. The Morgan fingerprint density at radius 3 is 2.50 bits per heavy atom. The molecule has 3 heterocycles. The minimum atomic E-state index is 0.718. The van der Waals surface area contributed by atoms with Crippen molar-refractivity contribution in [1.82, 2.24) is 15.2 Å². The van der Waals surface area contributed by atoms with Crippen LogP contribution < -0.4 is 5.32 Å². The number of oxazole rings is 1. The van der Waals surface area contributed by atoms with E-state index < -0.39 is 0 Å². The monoisotopic (exact) mass is 277 g/mol. The number of nitrogens with one attached hydrogen (secondary N) is 1. The fourth-order valence-corrected chi connectivity index (χ4v) is 3.81. The molecule has 2 bridgehead atoms. The van der Waals surface area contributed by atoms with Crippen LogP contribution in [0.15, 0.2) is 4.42 Å². The molecule has 2 atom stereocenters. The van der Waals surface area contributed by atoms with E-state index in [0.717, 1.165) is 48.6 Å². The Morgan fingerprint density at radius 2 is 1.95 bits per heavy atom. The number of fused-ring (bicyclic) bond motifs is 2. The fraction of sp³-hybridized carbons (Fsp3) is 0.812. The lowest BCUT2D eigenvalue weighted by Gasteiger charge is -2.38. The molecule has 2 fully saturated rings. The summed E-state index contributed by atoms with van der Waals surface area (Å²) >= 11 is 0. The molecule has 0 amide bonds. The third-order valence-electron chi connectivity index (χ3n) is 4.96. The second kappa shape index (κ2) is 5.86. The first kappa shape index (κ1) is 14.1. The fourth-order valence-electron chi connectivity index (χ4n) is 3.81. The van der Waals surface area contributed by atoms with Gasteiger partial charge in [-0.2, -0.15) is 0 Å². The summed E-state index contributed by atoms with van der Waals surface area (Å²) in [5.74, 6) is 1.86. The van der Waals surface area contributed by atoms with Gasteiger partial charge in [0, 0.05) is 18.1 Å². The molecule has 1 N–H and O–H groups in total. The smallest absolute Gasteiger partial charge is 0.208 e. The van der Waals surface area contributed by atoms with Crippen molar-refractivity contribution in [2.24, 2.45) is 0 Å². The molecule has 4 nitrogen and oxygen atoms in total. The van der Waals surface area contributed by atoms with Crippen LogP contribution in [0, 0.1) is 13.8 Å². The average Bonchev–Trinajstić information content (AvgIpc) is 2.85. The summed E-state index contributed by atoms with van der Waals surface area (Å²) in [6.07, 6.45) is 6.48. The Bertz CT molecular complexity index is 423. The first-order valence-electron chi connectivity index (χ1n) is 8.09. The van der Waals surface area contributed by atoms with E-state index in [0.29, 0.717) is 0 Å². The SMILES string of the molecule is CCCNC1CC2CCC(C1)N2Cc1nc(C)c(C)o1. The average molecular weight is 277 g/mol. The van der Waals surface area contributed by atoms with Crippen molar-refractivity contribution in [2.45, 2.75) is 77.5 Å². The molecule has 4 heteroatoms. The Kier molecular flexibility index (Phi) is 4.13. The highest BCUT2D eigenvalue weighted by Crippen LogP contribution is 2.36. The van der Waals surface area contributed by atoms with Crippen molar-refractivity contribution < 1.29 is 4.42 Å². The summed E-state index contributed by atoms with van der Waals surface area (Å²) in [5, 5.41) is 3.70. The molecule has 2 aliphatic heterocycles. The van der Waals surface area contributed by atoms with Crippen molar-refractivity contribution in [3.63, 3.8) is 0 Å². The van der Waals surface area contributed by atoms with Gasteiger partial charge in [-0.3, -0.25) is 4.90 Å². The van der Waals surface area contributed by atoms with Gasteiger partial charge in [0.2, 0.25) is 5.89 Å². The molecule has 0 saturated carbocycles. The molecule has 20 heavy (non-hydrogen) atoms. The van der Waals surface area contributed by atoms with Crippen molar-refractivity contribution in [1.29, 1.82) is 0 Å². The maximum Gasteiger partial charge on any atom is 0.208 e. The van der Waals surface area contributed by atoms with Crippen LogP contribution in [0.5, 0.6) is 0 Å². The Balaban J connectivity index is 1.62. The normalized spacial score (nSPS) is 30.1. The largest absolute Gasteiger partial charge is 0.444 e. The molecule has 2 aliphatic rings. The second-order valence-corrected chi connectivity index (χ2v) is 6.43. The minimum Gasteiger partial charge on any atom is -0.444 e. The van der Waals surface area contributed by atoms with E-state index in [1.54, 1.807) is 0 Å². The van der Waals surface area contributed by atoms with Crippen LogP contribution in [0.4, 0.5) is 0 Å². The lowest BCUT2D eigenvalue weighted by atomic mass is 9.97. The van der Waals surface area contributed by atoms with Gasteiger partial charge in [0.25, 0.3) is 0 Å². The third-order valence-corrected chi connectivity index (χ3v) is 4.96. The van der Waals surface area contributed by atoms with Crippen molar-refractivity contribution in [3.05, 3.63) is 17.3 Å². The van der Waals surface area contributed by atoms with Crippen LogP contribution in [-0.4, -0.2) is 34.6 Å². The van der Waals surface area contributed by atoms with Gasteiger partial charge >= 0.3 is 0 Å². The van der Waals surface area contributed by atoms with Crippen LogP contribution in [0.1, 0.15) is 56.4 Å². The van der Waals surface area contributed by atoms with Crippen LogP contribution in [-0.2, 0) is 6.54 Å². The van der Waals surface area contributed by atoms with Crippen molar-refractivity contribution in [2.75, 3.05) is 6.54 Å². The zero-order chi connectivity index (χ0) is 14.1. The van der Waals surface area contributed by atoms with E-state index in [1.807, 2.05) is 13.8 Å². The van der Waals surface area contributed by atoms with Gasteiger partial charge in [-0.25, -0.2) is 4.98 Å². The molecule has 1 aromatic rings. The van der Waals surface area contributed by atoms with Crippen LogP contribution in [0.2, 0.25) is 0 Å². The predicted molar refractivity (Wildman–Crippen MR) is 79.6 cm³/mol. The Morgan fingerprint density at radius 1 is 1.25 bits per heavy atom. The zero-order valence-corrected chi connectivity index (χ0v) is 13.0. The molecule has 3 rings (SSSR count). The molecule has 2 unspecified atom stereocenters. The number of hydrogen-bond donors (Lipinski definition) is 1. The maximum absolute atomic E-state index is 5.76. The molecule has 0 aliphatic carbocycles. The molecule has 0 aromatic carbocycles. The van der Waals surface area contributed by atoms with Gasteiger partial charge in [0.1, 0.15) is 5.76 Å². The summed E-state index contributed by atoms with van der Waals surface area (Å²) in [7, 11) is 0. The van der Waals surface area contributed by atoms with Crippen LogP contribution in [0.3, 0.4) is 0 Å². The third kappa shape index (κ3) is 2.77. The number of nitrogens with zero attached hydrogens (tertiary/aromatic N) is 2. The summed E-state index contributed by atoms with van der Waals surface area (Å²) in [6, 6.07) is 2.16. The first-order valence-corrected chi connectivity index (χ1v) is 8.09. The highest BCUT2D eigenvalue weighted by molar-refractivity contribution is 5.06. The van der Waals surface area contributed by atoms with Gasteiger partial charge < -0.3 is 9.73 Å². The number of aryl methyl sites for hydroxylation is 2. The first-order chi connectivity index (χ1) is 9.67. The highest BCUT2D eigenvalue weighted by Gasteiger charge is 2.40. The van der Waals surface area contributed by atoms with E-state index in [1.165, 1.54) is 32.1 Å². The van der Waals surface area contributed by atoms with Crippen molar-refractivity contribution in [3.8, 4) is 0 Å². The van der Waals surface area contributed by atoms with Gasteiger partial charge in [0.05, 0.1) is 12.2 Å². The van der Waals surface area contributed by atoms with E-state index >= 15 is 0 Å². The Labute approximate surface area is 121 Å². The summed E-state index contributed by atoms with van der Waals surface area (Å²) in [5.41, 5.74) is 1.03. The van der Waals surface area contributed by atoms with E-state index in [2.05, 4.69) is 22.1 Å². The zero-order valence-electron chi connectivity index (χ0n) is 13.0. The summed E-state index contributed by atoms with van der Waals surface area (Å²) in [6.45, 7) is 8.32. The lowest BCUT2D eigenvalue weighted by molar-refractivity contribution is 0.0987. The van der Waals surface area contributed by atoms with Crippen molar-refractivity contribution >= 4 is 0 Å². The van der Waals surface area contributed by atoms with E-state index in [9.17, 15) is 0 Å². The number of hydrogen-bond acceptors (Lipinski definition) is 4. The van der Waals surface area contributed by atoms with E-state index in [-0.39, 0.29) is 0 Å². The number of aromatic nitrogens is 1. The lowest BCUT2D eigenvalue weighted by Crippen LogP contribution is -2.48. The molecule has 2 saturated heterocycles. The van der Waals surface area contributed by atoms with Gasteiger partial charge in [-0.15, -0.1) is 0 Å². The van der Waals surface area contributed by atoms with Gasteiger partial charge in [0.15, 0.2) is 0 Å². The predicted octanol–water partition coefficient (Wildman–Crippen LogP) is 2.79. The highest BCUT2D eigenvalue weighted by atomic mass is 16.4. The van der Waals surface area contributed by atoms with Crippen LogP contribution >= 0.6 is 0 Å². The molecule has 0 spiro atoms. The van der Waals surface area contributed by atoms with Crippen LogP contribution in [0.25, 0.3) is 0 Å². The minimum absolute atomic E-state index is 0.718. The molecular formula is C16H27N3O. The number of piperidine rings is 1. The standard InChI is InChI=1S/C16H27N3O/c1-4-7-17-13-8-14-5-6-15(9-13)19(14)10-16-18-11(2)12(3)20-16/h13-15,17H,4-10H2,1-3H3. The molecule has 0 radical (unpaired) electrons. The van der Waals surface area contributed by atoms with Gasteiger partial charge in [-0.1, -0.05) is 6.92 Å². The molecule has 112 valence electrons. The number of rotatable bonds is 5. The molecular weight excluding hydrogens is 250 g/mol. The Hall–Kier alpha value is -0.870. The maximum atomic E-state index is 5.76. The molecule has 1 aromatic heterocycles. The quantitative estimate of drug-likeness (QED) is 0.898. The van der Waals surface area contributed by atoms with E-state index in [4.69, 9.17) is 4.42 Å². The topological polar surface area (TPSA) is 41.3 Å². The second-order valence-electron chi connectivity index (χ2n) is 6.43. The summed E-state index contributed by atoms with van der Waals surface area (Å²) < 4.78 is 5.76.